The summed E-state index contributed by atoms with van der Waals surface area (Å²) in [5, 5.41) is 10.8. The third-order valence-electron chi connectivity index (χ3n) is 5.40. The number of piperazine rings is 1. The summed E-state index contributed by atoms with van der Waals surface area (Å²) in [6.07, 6.45) is 3.47. The van der Waals surface area contributed by atoms with Gasteiger partial charge in [0.1, 0.15) is 16.3 Å². The monoisotopic (exact) mass is 472 g/mol. The molecule has 32 heavy (non-hydrogen) atoms. The number of para-hydroxylation sites is 1. The number of thioether (sulfide) groups is 1. The Kier molecular flexibility index (Phi) is 6.27. The van der Waals surface area contributed by atoms with Crippen molar-refractivity contribution in [3.8, 4) is 11.4 Å². The predicted molar refractivity (Wildman–Crippen MR) is 123 cm³/mol. The van der Waals surface area contributed by atoms with Gasteiger partial charge in [-0.05, 0) is 43.0 Å². The van der Waals surface area contributed by atoms with Crippen LogP contribution in [0.5, 0.6) is 5.75 Å². The maximum absolute atomic E-state index is 13.3. The first-order valence-corrected chi connectivity index (χ1v) is 12.8. The number of carbonyl (C=O) groups excluding carboxylic acids is 1. The number of aromatic nitrogens is 2. The number of hydrogen-bond acceptors (Lipinski definition) is 6. The Morgan fingerprint density at radius 1 is 1.06 bits per heavy atom. The van der Waals surface area contributed by atoms with Crippen molar-refractivity contribution in [3.63, 3.8) is 0 Å². The fourth-order valence-corrected chi connectivity index (χ4v) is 5.85. The molecule has 0 saturated carbocycles. The number of rotatable bonds is 5. The SMILES string of the molecule is CSc1ncc(C(=O)N2CCN(S(=O)(=O)c3cc(C)ccc3O)CC2)n1-c1ccccc1. The number of aryl methyl sites for hydroxylation is 1. The van der Waals surface area contributed by atoms with Gasteiger partial charge < -0.3 is 10.0 Å². The molecule has 0 aliphatic carbocycles. The predicted octanol–water partition coefficient (Wildman–Crippen LogP) is 2.75. The van der Waals surface area contributed by atoms with E-state index in [1.807, 2.05) is 41.2 Å². The Morgan fingerprint density at radius 2 is 1.75 bits per heavy atom. The van der Waals surface area contributed by atoms with Gasteiger partial charge in [-0.25, -0.2) is 13.4 Å². The van der Waals surface area contributed by atoms with E-state index < -0.39 is 10.0 Å². The Balaban J connectivity index is 1.54. The van der Waals surface area contributed by atoms with Crippen LogP contribution in [0.15, 0.2) is 64.8 Å². The first-order valence-electron chi connectivity index (χ1n) is 10.1. The molecule has 0 atom stereocenters. The molecule has 1 fully saturated rings. The highest BCUT2D eigenvalue weighted by molar-refractivity contribution is 7.98. The minimum absolute atomic E-state index is 0.107. The zero-order valence-corrected chi connectivity index (χ0v) is 19.4. The van der Waals surface area contributed by atoms with Crippen LogP contribution in [0, 0.1) is 6.92 Å². The van der Waals surface area contributed by atoms with Gasteiger partial charge in [-0.2, -0.15) is 4.31 Å². The van der Waals surface area contributed by atoms with Crippen LogP contribution in [-0.2, 0) is 10.0 Å². The molecule has 10 heteroatoms. The lowest BCUT2D eigenvalue weighted by atomic mass is 10.2. The van der Waals surface area contributed by atoms with E-state index in [1.165, 1.54) is 28.2 Å². The van der Waals surface area contributed by atoms with E-state index >= 15 is 0 Å². The normalized spacial score (nSPS) is 15.1. The molecule has 8 nitrogen and oxygen atoms in total. The number of amides is 1. The molecule has 1 aliphatic heterocycles. The molecule has 0 bridgehead atoms. The lowest BCUT2D eigenvalue weighted by Crippen LogP contribution is -2.50. The summed E-state index contributed by atoms with van der Waals surface area (Å²) < 4.78 is 29.2. The van der Waals surface area contributed by atoms with E-state index in [-0.39, 0.29) is 42.7 Å². The molecule has 4 rings (SSSR count). The zero-order valence-electron chi connectivity index (χ0n) is 17.8. The summed E-state index contributed by atoms with van der Waals surface area (Å²) in [4.78, 5) is 19.2. The molecular weight excluding hydrogens is 448 g/mol. The zero-order chi connectivity index (χ0) is 22.9. The van der Waals surface area contributed by atoms with Crippen molar-refractivity contribution in [2.24, 2.45) is 0 Å². The summed E-state index contributed by atoms with van der Waals surface area (Å²) in [7, 11) is -3.86. The van der Waals surface area contributed by atoms with Gasteiger partial charge in [0.15, 0.2) is 5.16 Å². The van der Waals surface area contributed by atoms with Crippen molar-refractivity contribution in [2.45, 2.75) is 17.0 Å². The maximum atomic E-state index is 13.3. The second-order valence-electron chi connectivity index (χ2n) is 7.47. The van der Waals surface area contributed by atoms with E-state index in [0.29, 0.717) is 10.9 Å². The van der Waals surface area contributed by atoms with Crippen molar-refractivity contribution >= 4 is 27.7 Å². The molecule has 1 amide bonds. The summed E-state index contributed by atoms with van der Waals surface area (Å²) >= 11 is 1.45. The molecule has 1 aromatic heterocycles. The first kappa shape index (κ1) is 22.4. The standard InChI is InChI=1S/C22H24N4O4S2/c1-16-8-9-19(27)20(14-16)32(29,30)25-12-10-24(11-13-25)21(28)18-15-23-22(31-2)26(18)17-6-4-3-5-7-17/h3-9,14-15,27H,10-13H2,1-2H3. The molecule has 2 aromatic carbocycles. The highest BCUT2D eigenvalue weighted by Gasteiger charge is 2.33. The molecule has 1 aliphatic rings. The highest BCUT2D eigenvalue weighted by atomic mass is 32.2. The van der Waals surface area contributed by atoms with Gasteiger partial charge in [0, 0.05) is 31.9 Å². The summed E-state index contributed by atoms with van der Waals surface area (Å²) in [5.41, 5.74) is 2.02. The fourth-order valence-electron chi connectivity index (χ4n) is 3.72. The van der Waals surface area contributed by atoms with E-state index in [1.54, 1.807) is 24.1 Å². The third kappa shape index (κ3) is 4.13. The number of benzene rings is 2. The molecule has 168 valence electrons. The Labute approximate surface area is 191 Å². The second-order valence-corrected chi connectivity index (χ2v) is 10.1. The third-order valence-corrected chi connectivity index (χ3v) is 7.99. The summed E-state index contributed by atoms with van der Waals surface area (Å²) in [5.74, 6) is -0.470. The average molecular weight is 473 g/mol. The lowest BCUT2D eigenvalue weighted by Gasteiger charge is -2.34. The number of nitrogens with zero attached hydrogens (tertiary/aromatic N) is 4. The van der Waals surface area contributed by atoms with Crippen molar-refractivity contribution in [3.05, 3.63) is 66.0 Å². The molecule has 3 aromatic rings. The van der Waals surface area contributed by atoms with Crippen LogP contribution in [0.2, 0.25) is 0 Å². The smallest absolute Gasteiger partial charge is 0.272 e. The van der Waals surface area contributed by atoms with Crippen molar-refractivity contribution in [2.75, 3.05) is 32.4 Å². The Bertz CT molecular complexity index is 1230. The fraction of sp³-hybridized carbons (Fsp3) is 0.273. The molecular formula is C22H24N4O4S2. The van der Waals surface area contributed by atoms with Gasteiger partial charge in [-0.1, -0.05) is 36.0 Å². The topological polar surface area (TPSA) is 95.7 Å². The van der Waals surface area contributed by atoms with Gasteiger partial charge in [-0.15, -0.1) is 0 Å². The minimum Gasteiger partial charge on any atom is -0.507 e. The molecule has 1 saturated heterocycles. The van der Waals surface area contributed by atoms with E-state index in [2.05, 4.69) is 4.98 Å². The maximum Gasteiger partial charge on any atom is 0.272 e. The Morgan fingerprint density at radius 3 is 2.41 bits per heavy atom. The quantitative estimate of drug-likeness (QED) is 0.574. The number of phenols is 1. The van der Waals surface area contributed by atoms with Crippen LogP contribution in [-0.4, -0.2) is 70.6 Å². The summed E-state index contributed by atoms with van der Waals surface area (Å²) in [6.45, 7) is 2.57. The number of phenolic OH excluding ortho intramolecular Hbond substituents is 1. The molecule has 0 spiro atoms. The largest absolute Gasteiger partial charge is 0.507 e. The van der Waals surface area contributed by atoms with E-state index in [0.717, 1.165) is 11.3 Å². The van der Waals surface area contributed by atoms with Crippen molar-refractivity contribution in [1.29, 1.82) is 0 Å². The van der Waals surface area contributed by atoms with Crippen molar-refractivity contribution < 1.29 is 18.3 Å². The van der Waals surface area contributed by atoms with Gasteiger partial charge in [0.05, 0.1) is 6.20 Å². The number of aromatic hydroxyl groups is 1. The number of carbonyl (C=O) groups is 1. The van der Waals surface area contributed by atoms with Gasteiger partial charge in [0.25, 0.3) is 5.91 Å². The number of sulfonamides is 1. The summed E-state index contributed by atoms with van der Waals surface area (Å²) in [6, 6.07) is 14.0. The molecule has 1 N–H and O–H groups in total. The van der Waals surface area contributed by atoms with E-state index in [4.69, 9.17) is 0 Å². The van der Waals surface area contributed by atoms with Crippen LogP contribution in [0.4, 0.5) is 0 Å². The molecule has 0 radical (unpaired) electrons. The average Bonchev–Trinajstić information content (AvgIpc) is 3.25. The van der Waals surface area contributed by atoms with Crippen molar-refractivity contribution in [1.82, 2.24) is 18.8 Å². The lowest BCUT2D eigenvalue weighted by molar-refractivity contribution is 0.0689. The molecule has 2 heterocycles. The van der Waals surface area contributed by atoms with E-state index in [9.17, 15) is 18.3 Å². The van der Waals surface area contributed by atoms with Crippen LogP contribution in [0.1, 0.15) is 16.1 Å². The number of imidazole rings is 1. The second kappa shape index (κ2) is 8.97. The number of hydrogen-bond donors (Lipinski definition) is 1. The molecule has 0 unspecified atom stereocenters. The first-order chi connectivity index (χ1) is 15.3. The van der Waals surface area contributed by atoms with Crippen LogP contribution in [0.25, 0.3) is 5.69 Å². The van der Waals surface area contributed by atoms with Crippen LogP contribution < -0.4 is 0 Å². The van der Waals surface area contributed by atoms with Crippen LogP contribution >= 0.6 is 11.8 Å². The van der Waals surface area contributed by atoms with Gasteiger partial charge in [0.2, 0.25) is 10.0 Å². The Hall–Kier alpha value is -2.82. The van der Waals surface area contributed by atoms with Gasteiger partial charge >= 0.3 is 0 Å². The van der Waals surface area contributed by atoms with Gasteiger partial charge in [-0.3, -0.25) is 9.36 Å². The van der Waals surface area contributed by atoms with Crippen LogP contribution in [0.3, 0.4) is 0 Å². The minimum atomic E-state index is -3.86. The highest BCUT2D eigenvalue weighted by Crippen LogP contribution is 2.28.